The molecule has 3 aromatic rings. The number of anilines is 1. The van der Waals surface area contributed by atoms with Crippen LogP contribution in [-0.4, -0.2) is 26.7 Å². The standard InChI is InChI=1S/C19H14BrN3O6S2/c20-14-9-10-18(21-12-14)22-13-19(30(26,27)16-6-2-1-3-7-16)31(28,29)17-8-4-5-15(11-17)23(24)25/h1-13H,(H,21,22). The number of sulfone groups is 2. The van der Waals surface area contributed by atoms with Crippen LogP contribution in [0, 0.1) is 10.1 Å². The van der Waals surface area contributed by atoms with Gasteiger partial charge in [-0.25, -0.2) is 21.8 Å². The molecule has 160 valence electrons. The van der Waals surface area contributed by atoms with Crippen LogP contribution >= 0.6 is 15.9 Å². The second-order valence-electron chi connectivity index (χ2n) is 6.04. The Morgan fingerprint density at radius 2 is 1.58 bits per heavy atom. The highest BCUT2D eigenvalue weighted by molar-refractivity contribution is 9.10. The highest BCUT2D eigenvalue weighted by Crippen LogP contribution is 2.30. The van der Waals surface area contributed by atoms with Gasteiger partial charge in [-0.15, -0.1) is 0 Å². The fourth-order valence-electron chi connectivity index (χ4n) is 2.49. The Morgan fingerprint density at radius 1 is 0.935 bits per heavy atom. The van der Waals surface area contributed by atoms with Crippen molar-refractivity contribution in [3.05, 3.63) is 98.0 Å². The van der Waals surface area contributed by atoms with Crippen LogP contribution in [-0.2, 0) is 19.7 Å². The SMILES string of the molecule is O=[N+]([O-])c1cccc(S(=O)(=O)C(=CNc2ccc(Br)cn2)S(=O)(=O)c2ccccc2)c1. The fourth-order valence-corrected chi connectivity index (χ4v) is 6.40. The van der Waals surface area contributed by atoms with Crippen LogP contribution in [0.1, 0.15) is 0 Å². The molecular weight excluding hydrogens is 510 g/mol. The van der Waals surface area contributed by atoms with Gasteiger partial charge in [-0.05, 0) is 46.3 Å². The molecule has 0 radical (unpaired) electrons. The Labute approximate surface area is 186 Å². The summed E-state index contributed by atoms with van der Waals surface area (Å²) in [6, 6.07) is 14.3. The van der Waals surface area contributed by atoms with Crippen LogP contribution in [0.5, 0.6) is 0 Å². The number of benzene rings is 2. The molecule has 0 spiro atoms. The van der Waals surface area contributed by atoms with Crippen molar-refractivity contribution < 1.29 is 21.8 Å². The van der Waals surface area contributed by atoms with E-state index in [0.29, 0.717) is 4.47 Å². The molecule has 0 atom stereocenters. The summed E-state index contributed by atoms with van der Waals surface area (Å²) in [7, 11) is -9.19. The summed E-state index contributed by atoms with van der Waals surface area (Å²) in [4.78, 5) is 13.5. The van der Waals surface area contributed by atoms with Crippen molar-refractivity contribution in [3.8, 4) is 0 Å². The highest BCUT2D eigenvalue weighted by atomic mass is 79.9. The van der Waals surface area contributed by atoms with Crippen molar-refractivity contribution in [2.75, 3.05) is 5.32 Å². The molecule has 1 N–H and O–H groups in total. The second kappa shape index (κ2) is 8.96. The molecule has 0 fully saturated rings. The van der Waals surface area contributed by atoms with Gasteiger partial charge >= 0.3 is 0 Å². The average Bonchev–Trinajstić information content (AvgIpc) is 2.75. The van der Waals surface area contributed by atoms with Crippen molar-refractivity contribution in [2.24, 2.45) is 0 Å². The lowest BCUT2D eigenvalue weighted by molar-refractivity contribution is -0.385. The first-order valence-electron chi connectivity index (χ1n) is 8.50. The van der Waals surface area contributed by atoms with E-state index in [4.69, 9.17) is 0 Å². The molecule has 0 saturated carbocycles. The van der Waals surface area contributed by atoms with Crippen molar-refractivity contribution in [2.45, 2.75) is 9.79 Å². The maximum atomic E-state index is 13.3. The van der Waals surface area contributed by atoms with Crippen LogP contribution in [0.25, 0.3) is 0 Å². The number of nitro groups is 1. The zero-order valence-corrected chi connectivity index (χ0v) is 18.8. The van der Waals surface area contributed by atoms with Crippen LogP contribution in [0.2, 0.25) is 0 Å². The summed E-state index contributed by atoms with van der Waals surface area (Å²) in [5.41, 5.74) is -0.486. The van der Waals surface area contributed by atoms with E-state index >= 15 is 0 Å². The minimum absolute atomic E-state index is 0.193. The molecule has 1 heterocycles. The largest absolute Gasteiger partial charge is 0.345 e. The number of aromatic nitrogens is 1. The Balaban J connectivity index is 2.17. The molecule has 0 unspecified atom stereocenters. The first-order valence-corrected chi connectivity index (χ1v) is 12.3. The molecule has 0 saturated heterocycles. The summed E-state index contributed by atoms with van der Waals surface area (Å²) in [6.07, 6.45) is 2.25. The smallest absolute Gasteiger partial charge is 0.270 e. The van der Waals surface area contributed by atoms with Crippen LogP contribution in [0.4, 0.5) is 11.5 Å². The molecule has 2 aromatic carbocycles. The lowest BCUT2D eigenvalue weighted by atomic mass is 10.3. The number of hydrogen-bond acceptors (Lipinski definition) is 8. The minimum Gasteiger partial charge on any atom is -0.345 e. The van der Waals surface area contributed by atoms with E-state index in [1.165, 1.54) is 42.6 Å². The first kappa shape index (κ1) is 22.6. The number of non-ortho nitro benzene ring substituents is 1. The summed E-state index contributed by atoms with van der Waals surface area (Å²) >= 11 is 3.22. The van der Waals surface area contributed by atoms with E-state index in [9.17, 15) is 26.9 Å². The maximum Gasteiger partial charge on any atom is 0.270 e. The zero-order chi connectivity index (χ0) is 22.6. The summed E-state index contributed by atoms with van der Waals surface area (Å²) in [5.74, 6) is 0.193. The molecule has 31 heavy (non-hydrogen) atoms. The second-order valence-corrected chi connectivity index (χ2v) is 11.1. The van der Waals surface area contributed by atoms with Gasteiger partial charge in [0, 0.05) is 29.0 Å². The van der Waals surface area contributed by atoms with Gasteiger partial charge < -0.3 is 5.32 Å². The molecule has 1 aromatic heterocycles. The maximum absolute atomic E-state index is 13.3. The fraction of sp³-hybridized carbons (Fsp3) is 0. The molecule has 9 nitrogen and oxygen atoms in total. The van der Waals surface area contributed by atoms with Crippen molar-refractivity contribution in [3.63, 3.8) is 0 Å². The average molecular weight is 524 g/mol. The van der Waals surface area contributed by atoms with Crippen LogP contribution in [0.3, 0.4) is 0 Å². The van der Waals surface area contributed by atoms with Crippen molar-refractivity contribution in [1.29, 1.82) is 0 Å². The quantitative estimate of drug-likeness (QED) is 0.363. The minimum atomic E-state index is -4.67. The van der Waals surface area contributed by atoms with Gasteiger partial charge in [0.2, 0.25) is 19.7 Å². The number of nitro benzene ring substituents is 1. The lowest BCUT2D eigenvalue weighted by Gasteiger charge is -2.11. The monoisotopic (exact) mass is 523 g/mol. The van der Waals surface area contributed by atoms with Crippen molar-refractivity contribution >= 4 is 47.1 Å². The molecule has 0 aliphatic carbocycles. The third-order valence-electron chi connectivity index (χ3n) is 3.99. The zero-order valence-electron chi connectivity index (χ0n) is 15.5. The van der Waals surface area contributed by atoms with Gasteiger partial charge in [-0.2, -0.15) is 0 Å². The molecular formula is C19H14BrN3O6S2. The van der Waals surface area contributed by atoms with E-state index in [0.717, 1.165) is 24.4 Å². The number of hydrogen-bond donors (Lipinski definition) is 1. The van der Waals surface area contributed by atoms with Gasteiger partial charge in [-0.3, -0.25) is 10.1 Å². The Bertz CT molecular complexity index is 1360. The summed E-state index contributed by atoms with van der Waals surface area (Å²) in [6.45, 7) is 0. The van der Waals surface area contributed by atoms with E-state index in [2.05, 4.69) is 26.2 Å². The normalized spacial score (nSPS) is 12.4. The molecule has 0 amide bonds. The number of nitrogens with zero attached hydrogens (tertiary/aromatic N) is 2. The molecule has 3 rings (SSSR count). The van der Waals surface area contributed by atoms with Gasteiger partial charge in [0.05, 0.1) is 14.7 Å². The topological polar surface area (TPSA) is 136 Å². The number of halogens is 1. The van der Waals surface area contributed by atoms with E-state index in [1.54, 1.807) is 12.1 Å². The Morgan fingerprint density at radius 3 is 2.19 bits per heavy atom. The molecule has 0 aliphatic rings. The third-order valence-corrected chi connectivity index (χ3v) is 8.84. The summed E-state index contributed by atoms with van der Waals surface area (Å²) in [5, 5.41) is 13.6. The van der Waals surface area contributed by atoms with E-state index in [1.807, 2.05) is 0 Å². The van der Waals surface area contributed by atoms with Gasteiger partial charge in [-0.1, -0.05) is 24.3 Å². The highest BCUT2D eigenvalue weighted by Gasteiger charge is 2.34. The number of pyridine rings is 1. The number of nitrogens with one attached hydrogen (secondary N) is 1. The van der Waals surface area contributed by atoms with E-state index in [-0.39, 0.29) is 10.7 Å². The van der Waals surface area contributed by atoms with E-state index < -0.39 is 39.4 Å². The van der Waals surface area contributed by atoms with Crippen molar-refractivity contribution in [1.82, 2.24) is 4.98 Å². The third kappa shape index (κ3) is 4.98. The predicted octanol–water partition coefficient (Wildman–Crippen LogP) is 3.91. The Kier molecular flexibility index (Phi) is 6.53. The predicted molar refractivity (Wildman–Crippen MR) is 118 cm³/mol. The lowest BCUT2D eigenvalue weighted by Crippen LogP contribution is -2.17. The molecule has 0 aliphatic heterocycles. The van der Waals surface area contributed by atoms with Gasteiger partial charge in [0.1, 0.15) is 5.82 Å². The molecule has 0 bridgehead atoms. The van der Waals surface area contributed by atoms with Crippen LogP contribution in [0.15, 0.2) is 97.6 Å². The Hall–Kier alpha value is -3.09. The van der Waals surface area contributed by atoms with Gasteiger partial charge in [0.25, 0.3) is 5.69 Å². The number of rotatable bonds is 7. The molecule has 12 heteroatoms. The van der Waals surface area contributed by atoms with Crippen LogP contribution < -0.4 is 5.32 Å². The summed E-state index contributed by atoms with van der Waals surface area (Å²) < 4.78 is 52.6. The van der Waals surface area contributed by atoms with Gasteiger partial charge in [0.15, 0.2) is 4.24 Å². The first-order chi connectivity index (χ1) is 14.6.